The first-order valence-electron chi connectivity index (χ1n) is 7.02. The lowest BCUT2D eigenvalue weighted by molar-refractivity contribution is 0.268. The number of nitrogens with zero attached hydrogens (tertiary/aromatic N) is 1. The van der Waals surface area contributed by atoms with Crippen molar-refractivity contribution in [2.45, 2.75) is 43.7 Å². The van der Waals surface area contributed by atoms with Crippen LogP contribution in [0.1, 0.15) is 31.7 Å². The largest absolute Gasteiger partial charge is 0.316 e. The summed E-state index contributed by atoms with van der Waals surface area (Å²) in [6, 6.07) is 3.13. The number of hydrogen-bond donors (Lipinski definition) is 1. The second-order valence-electron chi connectivity index (χ2n) is 5.37. The first kappa shape index (κ1) is 17.0. The summed E-state index contributed by atoms with van der Waals surface area (Å²) < 4.78 is 27.3. The molecule has 1 N–H and O–H groups in total. The Bertz CT molecular complexity index is 620. The summed E-state index contributed by atoms with van der Waals surface area (Å²) in [4.78, 5) is 0.107. The van der Waals surface area contributed by atoms with E-state index in [1.807, 2.05) is 6.92 Å². The molecule has 0 bridgehead atoms. The van der Waals surface area contributed by atoms with Crippen LogP contribution in [0.2, 0.25) is 10.0 Å². The van der Waals surface area contributed by atoms with E-state index in [0.717, 1.165) is 19.3 Å². The molecule has 0 saturated carbocycles. The van der Waals surface area contributed by atoms with Crippen LogP contribution in [0.25, 0.3) is 0 Å². The zero-order valence-corrected chi connectivity index (χ0v) is 14.5. The van der Waals surface area contributed by atoms with Crippen molar-refractivity contribution in [2.24, 2.45) is 0 Å². The second kappa shape index (κ2) is 6.84. The monoisotopic (exact) mass is 350 g/mol. The van der Waals surface area contributed by atoms with Gasteiger partial charge in [0, 0.05) is 24.2 Å². The molecular weight excluding hydrogens is 331 g/mol. The fraction of sp³-hybridized carbons (Fsp3) is 0.571. The Morgan fingerprint density at radius 3 is 2.67 bits per heavy atom. The smallest absolute Gasteiger partial charge is 0.244 e. The maximum absolute atomic E-state index is 12.9. The standard InChI is InChI=1S/C14H20Cl2N2O2S/c1-10-5-3-4-6-18(10)21(19,20)13-8-12(15)7-11(9-17-2)14(13)16/h7-8,10,17H,3-6,9H2,1-2H3. The Kier molecular flexibility index (Phi) is 5.54. The number of piperidine rings is 1. The first-order valence-corrected chi connectivity index (χ1v) is 9.22. The van der Waals surface area contributed by atoms with Gasteiger partial charge in [-0.15, -0.1) is 0 Å². The van der Waals surface area contributed by atoms with Crippen LogP contribution in [-0.2, 0) is 16.6 Å². The Hall–Kier alpha value is -0.330. The summed E-state index contributed by atoms with van der Waals surface area (Å²) in [5.41, 5.74) is 0.690. The lowest BCUT2D eigenvalue weighted by atomic mass is 10.1. The van der Waals surface area contributed by atoms with Crippen LogP contribution < -0.4 is 5.32 Å². The summed E-state index contributed by atoms with van der Waals surface area (Å²) in [5, 5.41) is 3.61. The van der Waals surface area contributed by atoms with Gasteiger partial charge in [0.25, 0.3) is 0 Å². The third-order valence-electron chi connectivity index (χ3n) is 3.78. The van der Waals surface area contributed by atoms with Crippen molar-refractivity contribution in [1.29, 1.82) is 0 Å². The molecular formula is C14H20Cl2N2O2S. The summed E-state index contributed by atoms with van der Waals surface area (Å²) in [6.45, 7) is 2.94. The second-order valence-corrected chi connectivity index (χ2v) is 8.04. The number of halogens is 2. The summed E-state index contributed by atoms with van der Waals surface area (Å²) in [6.07, 6.45) is 2.81. The molecule has 0 radical (unpaired) electrons. The molecule has 2 rings (SSSR count). The molecule has 0 spiro atoms. The van der Waals surface area contributed by atoms with E-state index in [2.05, 4.69) is 5.32 Å². The van der Waals surface area contributed by atoms with Gasteiger partial charge in [-0.2, -0.15) is 4.31 Å². The number of sulfonamides is 1. The Morgan fingerprint density at radius 1 is 1.33 bits per heavy atom. The molecule has 1 aromatic rings. The number of benzene rings is 1. The summed E-state index contributed by atoms with van der Waals surface area (Å²) >= 11 is 12.4. The minimum absolute atomic E-state index is 0.00783. The lowest BCUT2D eigenvalue weighted by Crippen LogP contribution is -2.42. The molecule has 1 aliphatic rings. The normalized spacial score (nSPS) is 20.7. The van der Waals surface area contributed by atoms with Gasteiger partial charge in [-0.25, -0.2) is 8.42 Å². The highest BCUT2D eigenvalue weighted by Gasteiger charge is 2.33. The Labute approximate surface area is 136 Å². The van der Waals surface area contributed by atoms with Crippen molar-refractivity contribution in [2.75, 3.05) is 13.6 Å². The molecule has 0 amide bonds. The number of hydrogen-bond acceptors (Lipinski definition) is 3. The molecule has 1 aliphatic heterocycles. The third kappa shape index (κ3) is 3.54. The maximum Gasteiger partial charge on any atom is 0.244 e. The highest BCUT2D eigenvalue weighted by molar-refractivity contribution is 7.89. The predicted molar refractivity (Wildman–Crippen MR) is 86.4 cm³/mol. The van der Waals surface area contributed by atoms with Crippen LogP contribution >= 0.6 is 23.2 Å². The molecule has 0 aromatic heterocycles. The molecule has 118 valence electrons. The molecule has 1 atom stereocenters. The van der Waals surface area contributed by atoms with Crippen LogP contribution in [0.5, 0.6) is 0 Å². The predicted octanol–water partition coefficient (Wildman–Crippen LogP) is 3.28. The van der Waals surface area contributed by atoms with Gasteiger partial charge in [0.15, 0.2) is 0 Å². The van der Waals surface area contributed by atoms with Gasteiger partial charge in [0.05, 0.1) is 5.02 Å². The van der Waals surface area contributed by atoms with E-state index >= 15 is 0 Å². The summed E-state index contributed by atoms with van der Waals surface area (Å²) in [5.74, 6) is 0. The highest BCUT2D eigenvalue weighted by Crippen LogP contribution is 2.33. The minimum atomic E-state index is -3.62. The van der Waals surface area contributed by atoms with Crippen LogP contribution in [0.3, 0.4) is 0 Å². The molecule has 1 aromatic carbocycles. The van der Waals surface area contributed by atoms with Gasteiger partial charge in [-0.3, -0.25) is 0 Å². The van der Waals surface area contributed by atoms with Gasteiger partial charge in [-0.1, -0.05) is 29.6 Å². The van der Waals surface area contributed by atoms with Gasteiger partial charge in [0.1, 0.15) is 4.90 Å². The van der Waals surface area contributed by atoms with Crippen molar-refractivity contribution in [1.82, 2.24) is 9.62 Å². The zero-order chi connectivity index (χ0) is 15.6. The van der Waals surface area contributed by atoms with Crippen molar-refractivity contribution in [3.8, 4) is 0 Å². The van der Waals surface area contributed by atoms with E-state index in [1.54, 1.807) is 13.1 Å². The van der Waals surface area contributed by atoms with Crippen molar-refractivity contribution in [3.63, 3.8) is 0 Å². The van der Waals surface area contributed by atoms with Crippen molar-refractivity contribution in [3.05, 3.63) is 27.7 Å². The maximum atomic E-state index is 12.9. The van der Waals surface area contributed by atoms with E-state index in [1.165, 1.54) is 10.4 Å². The summed E-state index contributed by atoms with van der Waals surface area (Å²) in [7, 11) is -1.84. The fourth-order valence-corrected chi connectivity index (χ4v) is 5.29. The van der Waals surface area contributed by atoms with E-state index in [0.29, 0.717) is 23.7 Å². The van der Waals surface area contributed by atoms with E-state index < -0.39 is 10.0 Å². The van der Waals surface area contributed by atoms with E-state index in [4.69, 9.17) is 23.2 Å². The van der Waals surface area contributed by atoms with Crippen LogP contribution in [0.4, 0.5) is 0 Å². The Morgan fingerprint density at radius 2 is 2.05 bits per heavy atom. The molecule has 1 heterocycles. The third-order valence-corrected chi connectivity index (χ3v) is 6.59. The molecule has 1 saturated heterocycles. The number of nitrogens with one attached hydrogen (secondary N) is 1. The van der Waals surface area contributed by atoms with Crippen LogP contribution in [-0.4, -0.2) is 32.4 Å². The van der Waals surface area contributed by atoms with E-state index in [9.17, 15) is 8.42 Å². The van der Waals surface area contributed by atoms with Crippen molar-refractivity contribution >= 4 is 33.2 Å². The first-order chi connectivity index (χ1) is 9.87. The molecule has 1 fully saturated rings. The quantitative estimate of drug-likeness (QED) is 0.906. The van der Waals surface area contributed by atoms with Gasteiger partial charge in [-0.05, 0) is 44.5 Å². The van der Waals surface area contributed by atoms with Crippen molar-refractivity contribution < 1.29 is 8.42 Å². The van der Waals surface area contributed by atoms with Gasteiger partial charge < -0.3 is 5.32 Å². The van der Waals surface area contributed by atoms with Crippen LogP contribution in [0, 0.1) is 0 Å². The molecule has 4 nitrogen and oxygen atoms in total. The van der Waals surface area contributed by atoms with Gasteiger partial charge >= 0.3 is 0 Å². The van der Waals surface area contributed by atoms with E-state index in [-0.39, 0.29) is 16.0 Å². The average Bonchev–Trinajstić information content (AvgIpc) is 2.43. The Balaban J connectivity index is 2.49. The zero-order valence-electron chi connectivity index (χ0n) is 12.2. The minimum Gasteiger partial charge on any atom is -0.316 e. The van der Waals surface area contributed by atoms with Gasteiger partial charge in [0.2, 0.25) is 10.0 Å². The van der Waals surface area contributed by atoms with Crippen LogP contribution in [0.15, 0.2) is 17.0 Å². The molecule has 7 heteroatoms. The SMILES string of the molecule is CNCc1cc(Cl)cc(S(=O)(=O)N2CCCCC2C)c1Cl. The highest BCUT2D eigenvalue weighted by atomic mass is 35.5. The number of rotatable bonds is 4. The molecule has 21 heavy (non-hydrogen) atoms. The lowest BCUT2D eigenvalue weighted by Gasteiger charge is -2.32. The average molecular weight is 351 g/mol. The molecule has 1 unspecified atom stereocenters. The fourth-order valence-electron chi connectivity index (χ4n) is 2.68. The molecule has 0 aliphatic carbocycles. The topological polar surface area (TPSA) is 49.4 Å².